The Kier molecular flexibility index (Phi) is 4.12. The molecule has 0 spiro atoms. The summed E-state index contributed by atoms with van der Waals surface area (Å²) in [5.41, 5.74) is 3.06. The van der Waals surface area contributed by atoms with Gasteiger partial charge in [0, 0.05) is 24.7 Å². The maximum Gasteiger partial charge on any atom is 0.229 e. The normalized spacial score (nSPS) is 18.8. The van der Waals surface area contributed by atoms with Crippen LogP contribution >= 0.6 is 0 Å². The third-order valence-electron chi connectivity index (χ3n) is 4.02. The predicted octanol–water partition coefficient (Wildman–Crippen LogP) is 2.50. The van der Waals surface area contributed by atoms with E-state index in [-0.39, 0.29) is 23.8 Å². The molecule has 1 atom stereocenters. The van der Waals surface area contributed by atoms with Gasteiger partial charge in [-0.3, -0.25) is 9.59 Å². The number of nitrogens with one attached hydrogen (secondary N) is 1. The lowest BCUT2D eigenvalue weighted by Crippen LogP contribution is -2.33. The first-order valence-electron chi connectivity index (χ1n) is 7.06. The van der Waals surface area contributed by atoms with Crippen LogP contribution in [0, 0.1) is 19.8 Å². The SMILES string of the molecule is Cc1cccc(NC(=O)C2CC(=O)N(C(C)C)C2)c1C. The van der Waals surface area contributed by atoms with Crippen molar-refractivity contribution in [3.63, 3.8) is 0 Å². The summed E-state index contributed by atoms with van der Waals surface area (Å²) in [6.07, 6.45) is 0.314. The number of hydrogen-bond donors (Lipinski definition) is 1. The van der Waals surface area contributed by atoms with Gasteiger partial charge in [-0.1, -0.05) is 12.1 Å². The maximum absolute atomic E-state index is 12.3. The molecule has 1 aromatic rings. The molecule has 4 heteroatoms. The molecule has 1 saturated heterocycles. The molecule has 2 rings (SSSR count). The van der Waals surface area contributed by atoms with Crippen molar-refractivity contribution in [1.29, 1.82) is 0 Å². The zero-order valence-corrected chi connectivity index (χ0v) is 12.6. The molecule has 0 saturated carbocycles. The lowest BCUT2D eigenvalue weighted by atomic mass is 10.1. The van der Waals surface area contributed by atoms with Gasteiger partial charge in [-0.2, -0.15) is 0 Å². The number of rotatable bonds is 3. The minimum absolute atomic E-state index is 0.0600. The first-order chi connectivity index (χ1) is 9.40. The fourth-order valence-electron chi connectivity index (χ4n) is 2.53. The van der Waals surface area contributed by atoms with Crippen LogP contribution in [0.15, 0.2) is 18.2 Å². The van der Waals surface area contributed by atoms with Crippen LogP contribution in [-0.4, -0.2) is 29.3 Å². The molecule has 1 heterocycles. The first kappa shape index (κ1) is 14.6. The minimum Gasteiger partial charge on any atom is -0.339 e. The molecule has 0 radical (unpaired) electrons. The van der Waals surface area contributed by atoms with Crippen LogP contribution in [-0.2, 0) is 9.59 Å². The summed E-state index contributed by atoms with van der Waals surface area (Å²) in [6.45, 7) is 8.48. The van der Waals surface area contributed by atoms with Crippen molar-refractivity contribution < 1.29 is 9.59 Å². The van der Waals surface area contributed by atoms with Crippen LogP contribution in [0.1, 0.15) is 31.4 Å². The standard InChI is InChI=1S/C16H22N2O2/c1-10(2)18-9-13(8-15(18)19)16(20)17-14-7-5-6-11(3)12(14)4/h5-7,10,13H,8-9H2,1-4H3,(H,17,20). The zero-order chi connectivity index (χ0) is 14.9. The number of carbonyl (C=O) groups excluding carboxylic acids is 2. The van der Waals surface area contributed by atoms with Crippen LogP contribution in [0.25, 0.3) is 0 Å². The molecule has 20 heavy (non-hydrogen) atoms. The van der Waals surface area contributed by atoms with Gasteiger partial charge in [0.2, 0.25) is 11.8 Å². The van der Waals surface area contributed by atoms with E-state index in [4.69, 9.17) is 0 Å². The predicted molar refractivity (Wildman–Crippen MR) is 79.5 cm³/mol. The summed E-state index contributed by atoms with van der Waals surface area (Å²) in [4.78, 5) is 25.9. The van der Waals surface area contributed by atoms with E-state index in [2.05, 4.69) is 5.32 Å². The van der Waals surface area contributed by atoms with Gasteiger partial charge in [-0.15, -0.1) is 0 Å². The number of anilines is 1. The van der Waals surface area contributed by atoms with E-state index in [9.17, 15) is 9.59 Å². The Hall–Kier alpha value is -1.84. The monoisotopic (exact) mass is 274 g/mol. The van der Waals surface area contributed by atoms with Crippen LogP contribution in [0.3, 0.4) is 0 Å². The van der Waals surface area contributed by atoms with E-state index in [1.807, 2.05) is 45.9 Å². The number of aryl methyl sites for hydroxylation is 1. The molecular formula is C16H22N2O2. The van der Waals surface area contributed by atoms with Crippen molar-refractivity contribution in [3.05, 3.63) is 29.3 Å². The van der Waals surface area contributed by atoms with Crippen molar-refractivity contribution in [2.24, 2.45) is 5.92 Å². The molecule has 4 nitrogen and oxygen atoms in total. The van der Waals surface area contributed by atoms with Crippen LogP contribution in [0.2, 0.25) is 0 Å². The lowest BCUT2D eigenvalue weighted by Gasteiger charge is -2.20. The molecule has 0 aliphatic carbocycles. The third kappa shape index (κ3) is 2.84. The average molecular weight is 274 g/mol. The first-order valence-corrected chi connectivity index (χ1v) is 7.06. The minimum atomic E-state index is -0.246. The Morgan fingerprint density at radius 3 is 2.65 bits per heavy atom. The Bertz CT molecular complexity index is 537. The molecule has 0 bridgehead atoms. The van der Waals surface area contributed by atoms with E-state index in [0.29, 0.717) is 13.0 Å². The van der Waals surface area contributed by atoms with Crippen molar-refractivity contribution in [1.82, 2.24) is 4.90 Å². The fourth-order valence-corrected chi connectivity index (χ4v) is 2.53. The maximum atomic E-state index is 12.3. The van der Waals surface area contributed by atoms with Gasteiger partial charge in [0.05, 0.1) is 5.92 Å². The topological polar surface area (TPSA) is 49.4 Å². The van der Waals surface area contributed by atoms with Crippen molar-refractivity contribution in [2.75, 3.05) is 11.9 Å². The number of nitrogens with zero attached hydrogens (tertiary/aromatic N) is 1. The second-order valence-electron chi connectivity index (χ2n) is 5.78. The van der Waals surface area contributed by atoms with Gasteiger partial charge in [0.25, 0.3) is 0 Å². The van der Waals surface area contributed by atoms with Crippen LogP contribution < -0.4 is 5.32 Å². The smallest absolute Gasteiger partial charge is 0.229 e. The Morgan fingerprint density at radius 1 is 1.35 bits per heavy atom. The summed E-state index contributed by atoms with van der Waals surface area (Å²) in [7, 11) is 0. The summed E-state index contributed by atoms with van der Waals surface area (Å²) in [5, 5.41) is 2.96. The highest BCUT2D eigenvalue weighted by molar-refractivity contribution is 5.97. The number of carbonyl (C=O) groups is 2. The summed E-state index contributed by atoms with van der Waals surface area (Å²) in [6, 6.07) is 6.00. The second-order valence-corrected chi connectivity index (χ2v) is 5.78. The summed E-state index contributed by atoms with van der Waals surface area (Å²) < 4.78 is 0. The van der Waals surface area contributed by atoms with Gasteiger partial charge in [0.1, 0.15) is 0 Å². The van der Waals surface area contributed by atoms with E-state index >= 15 is 0 Å². The number of amides is 2. The number of hydrogen-bond acceptors (Lipinski definition) is 2. The van der Waals surface area contributed by atoms with Gasteiger partial charge < -0.3 is 10.2 Å². The molecule has 1 aromatic carbocycles. The third-order valence-corrected chi connectivity index (χ3v) is 4.02. The van der Waals surface area contributed by atoms with Gasteiger partial charge in [0.15, 0.2) is 0 Å². The molecule has 1 aliphatic heterocycles. The van der Waals surface area contributed by atoms with Gasteiger partial charge >= 0.3 is 0 Å². The van der Waals surface area contributed by atoms with Gasteiger partial charge in [-0.05, 0) is 44.9 Å². The highest BCUT2D eigenvalue weighted by Gasteiger charge is 2.35. The van der Waals surface area contributed by atoms with Crippen molar-refractivity contribution in [2.45, 2.75) is 40.2 Å². The molecular weight excluding hydrogens is 252 g/mol. The van der Waals surface area contributed by atoms with E-state index < -0.39 is 0 Å². The molecule has 108 valence electrons. The molecule has 1 N–H and O–H groups in total. The second kappa shape index (κ2) is 5.65. The molecule has 0 aromatic heterocycles. The Balaban J connectivity index is 2.06. The van der Waals surface area contributed by atoms with E-state index in [1.165, 1.54) is 0 Å². The highest BCUT2D eigenvalue weighted by atomic mass is 16.2. The van der Waals surface area contributed by atoms with Crippen LogP contribution in [0.5, 0.6) is 0 Å². The summed E-state index contributed by atoms with van der Waals surface area (Å²) >= 11 is 0. The largest absolute Gasteiger partial charge is 0.339 e. The Morgan fingerprint density at radius 2 is 2.05 bits per heavy atom. The zero-order valence-electron chi connectivity index (χ0n) is 12.6. The molecule has 1 fully saturated rings. The Labute approximate surface area is 120 Å². The van der Waals surface area contributed by atoms with E-state index in [1.54, 1.807) is 4.90 Å². The molecule has 1 aliphatic rings. The quantitative estimate of drug-likeness (QED) is 0.920. The average Bonchev–Trinajstić information content (AvgIpc) is 2.77. The van der Waals surface area contributed by atoms with Crippen LogP contribution in [0.4, 0.5) is 5.69 Å². The number of likely N-dealkylation sites (tertiary alicyclic amines) is 1. The van der Waals surface area contributed by atoms with Crippen molar-refractivity contribution in [3.8, 4) is 0 Å². The fraction of sp³-hybridized carbons (Fsp3) is 0.500. The summed E-state index contributed by atoms with van der Waals surface area (Å²) in [5.74, 6) is -0.235. The molecule has 2 amide bonds. The van der Waals surface area contributed by atoms with Crippen molar-refractivity contribution >= 4 is 17.5 Å². The van der Waals surface area contributed by atoms with E-state index in [0.717, 1.165) is 16.8 Å². The molecule has 1 unspecified atom stereocenters. The number of benzene rings is 1. The highest BCUT2D eigenvalue weighted by Crippen LogP contribution is 2.23. The lowest BCUT2D eigenvalue weighted by molar-refractivity contribution is -0.129. The van der Waals surface area contributed by atoms with Gasteiger partial charge in [-0.25, -0.2) is 0 Å².